The van der Waals surface area contributed by atoms with Gasteiger partial charge in [0, 0.05) is 11.1 Å². The van der Waals surface area contributed by atoms with Crippen molar-refractivity contribution in [3.63, 3.8) is 0 Å². The van der Waals surface area contributed by atoms with Gasteiger partial charge in [-0.3, -0.25) is 0 Å². The van der Waals surface area contributed by atoms with Gasteiger partial charge in [-0.25, -0.2) is 4.83 Å². The maximum Gasteiger partial charge on any atom is 0.276 e. The highest BCUT2D eigenvalue weighted by molar-refractivity contribution is 7.89. The first-order valence-corrected chi connectivity index (χ1v) is 11.0. The maximum atomic E-state index is 12.6. The number of benzene rings is 1. The van der Waals surface area contributed by atoms with Crippen LogP contribution < -0.4 is 4.83 Å². The highest BCUT2D eigenvalue weighted by Gasteiger charge is 2.52. The summed E-state index contributed by atoms with van der Waals surface area (Å²) in [5, 5.41) is 4.48. The van der Waals surface area contributed by atoms with E-state index >= 15 is 0 Å². The summed E-state index contributed by atoms with van der Waals surface area (Å²) in [5.41, 5.74) is 2.27. The lowest BCUT2D eigenvalue weighted by Crippen LogP contribution is -2.50. The van der Waals surface area contributed by atoms with Crippen LogP contribution in [0.4, 0.5) is 0 Å². The first-order chi connectivity index (χ1) is 11.9. The Bertz CT molecular complexity index is 745. The Kier molecular flexibility index (Phi) is 4.18. The van der Waals surface area contributed by atoms with Crippen LogP contribution in [-0.4, -0.2) is 14.1 Å². The Morgan fingerprint density at radius 3 is 2.08 bits per heavy atom. The van der Waals surface area contributed by atoms with E-state index in [0.717, 1.165) is 35.4 Å². The molecule has 1 aromatic rings. The van der Waals surface area contributed by atoms with E-state index in [4.69, 9.17) is 0 Å². The number of hydrogen-bond donors (Lipinski definition) is 1. The lowest BCUT2D eigenvalue weighted by Gasteiger charge is -2.57. The van der Waals surface area contributed by atoms with Gasteiger partial charge in [0.2, 0.25) is 0 Å². The molecule has 4 aliphatic carbocycles. The summed E-state index contributed by atoms with van der Waals surface area (Å²) in [5.74, 6) is 2.49. The summed E-state index contributed by atoms with van der Waals surface area (Å²) in [7, 11) is -3.59. The minimum atomic E-state index is -3.59. The van der Waals surface area contributed by atoms with Crippen molar-refractivity contribution < 1.29 is 8.42 Å². The van der Waals surface area contributed by atoms with E-state index < -0.39 is 10.0 Å². The largest absolute Gasteiger partial charge is 0.276 e. The number of aryl methyl sites for hydroxylation is 1. The third-order valence-corrected chi connectivity index (χ3v) is 7.84. The third kappa shape index (κ3) is 3.12. The van der Waals surface area contributed by atoms with E-state index in [9.17, 15) is 8.42 Å². The van der Waals surface area contributed by atoms with Crippen LogP contribution in [0.2, 0.25) is 0 Å². The molecule has 1 aromatic carbocycles. The van der Waals surface area contributed by atoms with E-state index in [0.29, 0.717) is 0 Å². The summed E-state index contributed by atoms with van der Waals surface area (Å²) in [4.78, 5) is 2.81. The van der Waals surface area contributed by atoms with E-state index in [1.54, 1.807) is 12.1 Å². The average Bonchev–Trinajstić information content (AvgIpc) is 2.54. The van der Waals surface area contributed by atoms with E-state index in [-0.39, 0.29) is 10.3 Å². The zero-order valence-corrected chi connectivity index (χ0v) is 16.0. The van der Waals surface area contributed by atoms with Gasteiger partial charge < -0.3 is 0 Å². The molecule has 0 amide bonds. The van der Waals surface area contributed by atoms with E-state index in [1.165, 1.54) is 38.5 Å². The molecule has 5 rings (SSSR count). The second kappa shape index (κ2) is 6.11. The van der Waals surface area contributed by atoms with Crippen molar-refractivity contribution in [2.24, 2.45) is 28.3 Å². The molecule has 4 fully saturated rings. The van der Waals surface area contributed by atoms with Gasteiger partial charge in [-0.1, -0.05) is 24.6 Å². The summed E-state index contributed by atoms with van der Waals surface area (Å²) >= 11 is 0. The Morgan fingerprint density at radius 2 is 1.60 bits per heavy atom. The van der Waals surface area contributed by atoms with Crippen molar-refractivity contribution in [2.75, 3.05) is 0 Å². The van der Waals surface area contributed by atoms with Crippen LogP contribution >= 0.6 is 0 Å². The van der Waals surface area contributed by atoms with Crippen LogP contribution in [-0.2, 0) is 10.0 Å². The normalized spacial score (nSPS) is 34.3. The van der Waals surface area contributed by atoms with Crippen LogP contribution in [0.1, 0.15) is 57.4 Å². The fourth-order valence-electron chi connectivity index (χ4n) is 5.92. The molecule has 0 unspecified atom stereocenters. The molecule has 0 saturated heterocycles. The highest BCUT2D eigenvalue weighted by Crippen LogP contribution is 2.60. The van der Waals surface area contributed by atoms with Gasteiger partial charge in [0.1, 0.15) is 0 Å². The van der Waals surface area contributed by atoms with Gasteiger partial charge in [-0.2, -0.15) is 13.5 Å². The minimum absolute atomic E-state index is 0.152. The molecule has 0 heterocycles. The van der Waals surface area contributed by atoms with Crippen molar-refractivity contribution in [3.05, 3.63) is 29.8 Å². The number of sulfonamides is 1. The lowest BCUT2D eigenvalue weighted by molar-refractivity contribution is -0.0134. The lowest BCUT2D eigenvalue weighted by atomic mass is 9.48. The molecular formula is C20H28N2O2S. The number of nitrogens with one attached hydrogen (secondary N) is 1. The molecule has 5 heteroatoms. The van der Waals surface area contributed by atoms with Crippen molar-refractivity contribution in [1.29, 1.82) is 0 Å². The number of hydrogen-bond acceptors (Lipinski definition) is 3. The van der Waals surface area contributed by atoms with Gasteiger partial charge in [0.05, 0.1) is 4.90 Å². The van der Waals surface area contributed by atoms with Crippen molar-refractivity contribution in [3.8, 4) is 0 Å². The third-order valence-electron chi connectivity index (χ3n) is 6.62. The SMILES string of the molecule is CCC(=NNS(=O)(=O)c1ccc(C)cc1)C12CC3CC(CC(C3)C1)C2. The molecule has 0 radical (unpaired) electrons. The Labute approximate surface area is 151 Å². The van der Waals surface area contributed by atoms with Gasteiger partial charge in [0.15, 0.2) is 0 Å². The summed E-state index contributed by atoms with van der Waals surface area (Å²) in [6, 6.07) is 6.92. The monoisotopic (exact) mass is 360 g/mol. The minimum Gasteiger partial charge on any atom is -0.200 e. The van der Waals surface area contributed by atoms with Gasteiger partial charge in [0.25, 0.3) is 10.0 Å². The first-order valence-electron chi connectivity index (χ1n) is 9.56. The number of rotatable bonds is 5. The average molecular weight is 361 g/mol. The van der Waals surface area contributed by atoms with E-state index in [2.05, 4.69) is 16.9 Å². The van der Waals surface area contributed by atoms with Crippen LogP contribution in [0.25, 0.3) is 0 Å². The Balaban J connectivity index is 1.58. The molecule has 136 valence electrons. The quantitative estimate of drug-likeness (QED) is 0.630. The zero-order chi connectivity index (χ0) is 17.7. The van der Waals surface area contributed by atoms with Crippen LogP contribution in [0, 0.1) is 30.1 Å². The molecule has 4 bridgehead atoms. The van der Waals surface area contributed by atoms with Crippen molar-refractivity contribution in [2.45, 2.75) is 63.7 Å². The molecule has 0 spiro atoms. The molecular weight excluding hydrogens is 332 g/mol. The molecule has 4 saturated carbocycles. The van der Waals surface area contributed by atoms with Gasteiger partial charge in [-0.15, -0.1) is 0 Å². The Hall–Kier alpha value is -1.36. The number of hydrazone groups is 1. The fourth-order valence-corrected chi connectivity index (χ4v) is 6.75. The van der Waals surface area contributed by atoms with Gasteiger partial charge >= 0.3 is 0 Å². The summed E-state index contributed by atoms with van der Waals surface area (Å²) in [6.07, 6.45) is 8.58. The first kappa shape index (κ1) is 17.1. The topological polar surface area (TPSA) is 58.5 Å². The van der Waals surface area contributed by atoms with Crippen LogP contribution in [0.15, 0.2) is 34.3 Å². The van der Waals surface area contributed by atoms with Gasteiger partial charge in [-0.05, 0) is 81.8 Å². The predicted octanol–water partition coefficient (Wildman–Crippen LogP) is 4.26. The maximum absolute atomic E-state index is 12.6. The molecule has 0 aromatic heterocycles. The van der Waals surface area contributed by atoms with E-state index in [1.807, 2.05) is 19.1 Å². The van der Waals surface area contributed by atoms with Crippen molar-refractivity contribution in [1.82, 2.24) is 4.83 Å². The smallest absolute Gasteiger partial charge is 0.200 e. The second-order valence-electron chi connectivity index (χ2n) is 8.52. The summed E-state index contributed by atoms with van der Waals surface area (Å²) < 4.78 is 25.1. The zero-order valence-electron chi connectivity index (χ0n) is 15.2. The molecule has 1 N–H and O–H groups in total. The second-order valence-corrected chi connectivity index (χ2v) is 10.2. The van der Waals surface area contributed by atoms with Crippen LogP contribution in [0.5, 0.6) is 0 Å². The molecule has 25 heavy (non-hydrogen) atoms. The standard InChI is InChI=1S/C20H28N2O2S/c1-3-19(20-11-15-8-16(12-20)10-17(9-15)13-20)21-22-25(23,24)18-6-4-14(2)5-7-18/h4-7,15-17,22H,3,8-13H2,1-2H3. The highest BCUT2D eigenvalue weighted by atomic mass is 32.2. The molecule has 4 nitrogen and oxygen atoms in total. The van der Waals surface area contributed by atoms with Crippen molar-refractivity contribution >= 4 is 15.7 Å². The van der Waals surface area contributed by atoms with Crippen LogP contribution in [0.3, 0.4) is 0 Å². The fraction of sp³-hybridized carbons (Fsp3) is 0.650. The molecule has 0 aliphatic heterocycles. The molecule has 0 atom stereocenters. The predicted molar refractivity (Wildman–Crippen MR) is 99.8 cm³/mol. The molecule has 4 aliphatic rings. The number of nitrogens with zero attached hydrogens (tertiary/aromatic N) is 1. The summed E-state index contributed by atoms with van der Waals surface area (Å²) in [6.45, 7) is 4.06. The Morgan fingerprint density at radius 1 is 1.08 bits per heavy atom.